The number of aromatic nitrogens is 1. The van der Waals surface area contributed by atoms with Crippen molar-refractivity contribution >= 4 is 23.2 Å². The summed E-state index contributed by atoms with van der Waals surface area (Å²) in [7, 11) is 0. The lowest BCUT2D eigenvalue weighted by Gasteiger charge is -2.16. The lowest BCUT2D eigenvalue weighted by molar-refractivity contribution is -0.137. The first-order valence-electron chi connectivity index (χ1n) is 8.52. The Bertz CT molecular complexity index is 1050. The highest BCUT2D eigenvalue weighted by Gasteiger charge is 2.34. The van der Waals surface area contributed by atoms with Gasteiger partial charge in [0.25, 0.3) is 5.91 Å². The maximum atomic E-state index is 13.4. The molecule has 0 aliphatic carbocycles. The van der Waals surface area contributed by atoms with Gasteiger partial charge in [-0.15, -0.1) is 0 Å². The molecular formula is C21H18ClF3N2O. The van der Waals surface area contributed by atoms with Gasteiger partial charge in [0.05, 0.1) is 16.8 Å². The predicted molar refractivity (Wildman–Crippen MR) is 104 cm³/mol. The van der Waals surface area contributed by atoms with Crippen LogP contribution in [0.4, 0.5) is 18.9 Å². The lowest BCUT2D eigenvalue weighted by atomic mass is 10.1. The summed E-state index contributed by atoms with van der Waals surface area (Å²) in [6.45, 7) is 5.11. The fourth-order valence-corrected chi connectivity index (χ4v) is 3.31. The van der Waals surface area contributed by atoms with Crippen LogP contribution in [0.25, 0.3) is 5.69 Å². The maximum Gasteiger partial charge on any atom is 0.418 e. The average Bonchev–Trinajstić information content (AvgIpc) is 2.92. The highest BCUT2D eigenvalue weighted by atomic mass is 35.5. The molecule has 0 fully saturated rings. The van der Waals surface area contributed by atoms with Crippen LogP contribution in [0.5, 0.6) is 0 Å². The molecule has 0 atom stereocenters. The van der Waals surface area contributed by atoms with Crippen molar-refractivity contribution < 1.29 is 18.0 Å². The molecule has 1 heterocycles. The fourth-order valence-electron chi connectivity index (χ4n) is 3.19. The third-order valence-electron chi connectivity index (χ3n) is 4.54. The Morgan fingerprint density at radius 3 is 2.36 bits per heavy atom. The fraction of sp³-hybridized carbons (Fsp3) is 0.190. The summed E-state index contributed by atoms with van der Waals surface area (Å²) in [5, 5.41) is 3.35. The molecule has 0 aliphatic rings. The van der Waals surface area contributed by atoms with Gasteiger partial charge in [0.1, 0.15) is 0 Å². The van der Waals surface area contributed by atoms with Crippen LogP contribution in [-0.2, 0) is 6.18 Å². The van der Waals surface area contributed by atoms with Gasteiger partial charge < -0.3 is 9.88 Å². The normalized spacial score (nSPS) is 11.5. The van der Waals surface area contributed by atoms with Crippen molar-refractivity contribution in [3.63, 3.8) is 0 Å². The molecule has 3 rings (SSSR count). The Morgan fingerprint density at radius 1 is 1.04 bits per heavy atom. The molecule has 0 spiro atoms. The zero-order valence-electron chi connectivity index (χ0n) is 15.5. The van der Waals surface area contributed by atoms with Crippen molar-refractivity contribution in [2.24, 2.45) is 0 Å². The maximum absolute atomic E-state index is 13.4. The molecule has 3 aromatic rings. The quantitative estimate of drug-likeness (QED) is 0.542. The monoisotopic (exact) mass is 406 g/mol. The minimum absolute atomic E-state index is 0.00797. The smallest absolute Gasteiger partial charge is 0.322 e. The molecule has 3 nitrogen and oxygen atoms in total. The Kier molecular flexibility index (Phi) is 5.26. The summed E-state index contributed by atoms with van der Waals surface area (Å²) >= 11 is 6.00. The minimum atomic E-state index is -4.50. The number of halogens is 4. The van der Waals surface area contributed by atoms with Crippen LogP contribution in [0.2, 0.25) is 5.02 Å². The molecule has 1 aromatic heterocycles. The summed E-state index contributed by atoms with van der Waals surface area (Å²) in [4.78, 5) is 12.7. The number of nitrogens with one attached hydrogen (secondary N) is 1. The second-order valence-corrected chi connectivity index (χ2v) is 6.96. The van der Waals surface area contributed by atoms with Crippen LogP contribution in [0.15, 0.2) is 48.5 Å². The van der Waals surface area contributed by atoms with E-state index in [0.717, 1.165) is 11.6 Å². The molecule has 28 heavy (non-hydrogen) atoms. The summed E-state index contributed by atoms with van der Waals surface area (Å²) in [6, 6.07) is 12.0. The van der Waals surface area contributed by atoms with Crippen molar-refractivity contribution in [1.29, 1.82) is 0 Å². The van der Waals surface area contributed by atoms with E-state index in [4.69, 9.17) is 11.6 Å². The zero-order valence-corrected chi connectivity index (χ0v) is 16.2. The van der Waals surface area contributed by atoms with E-state index in [-0.39, 0.29) is 5.69 Å². The van der Waals surface area contributed by atoms with E-state index >= 15 is 0 Å². The Labute approximate surface area is 165 Å². The van der Waals surface area contributed by atoms with Crippen LogP contribution < -0.4 is 5.32 Å². The first-order chi connectivity index (χ1) is 13.1. The van der Waals surface area contributed by atoms with Gasteiger partial charge in [0.2, 0.25) is 0 Å². The van der Waals surface area contributed by atoms with Gasteiger partial charge >= 0.3 is 6.18 Å². The van der Waals surface area contributed by atoms with Crippen molar-refractivity contribution in [3.05, 3.63) is 81.6 Å². The van der Waals surface area contributed by atoms with Gasteiger partial charge in [-0.05, 0) is 62.7 Å². The molecule has 7 heteroatoms. The number of anilines is 1. The van der Waals surface area contributed by atoms with E-state index in [9.17, 15) is 18.0 Å². The summed E-state index contributed by atoms with van der Waals surface area (Å²) in [6.07, 6.45) is -4.50. The number of amides is 1. The number of aryl methyl sites for hydroxylation is 2. The van der Waals surface area contributed by atoms with Crippen LogP contribution in [0.3, 0.4) is 0 Å². The second kappa shape index (κ2) is 7.36. The first-order valence-corrected chi connectivity index (χ1v) is 8.90. The number of alkyl halides is 3. The van der Waals surface area contributed by atoms with E-state index in [1.165, 1.54) is 16.7 Å². The van der Waals surface area contributed by atoms with Gasteiger partial charge in [-0.3, -0.25) is 4.79 Å². The van der Waals surface area contributed by atoms with Gasteiger partial charge in [0.15, 0.2) is 0 Å². The van der Waals surface area contributed by atoms with Crippen molar-refractivity contribution in [2.45, 2.75) is 26.9 Å². The van der Waals surface area contributed by atoms with Crippen molar-refractivity contribution in [3.8, 4) is 5.69 Å². The van der Waals surface area contributed by atoms with Gasteiger partial charge in [-0.2, -0.15) is 13.2 Å². The number of nitrogens with zero attached hydrogens (tertiary/aromatic N) is 1. The number of carbonyl (C=O) groups excluding carboxylic acids is 1. The molecule has 0 aliphatic heterocycles. The molecule has 146 valence electrons. The van der Waals surface area contributed by atoms with Gasteiger partial charge in [-0.1, -0.05) is 23.7 Å². The predicted octanol–water partition coefficient (Wildman–Crippen LogP) is 6.33. The molecule has 0 radical (unpaired) electrons. The molecular weight excluding hydrogens is 389 g/mol. The van der Waals surface area contributed by atoms with Gasteiger partial charge in [0, 0.05) is 22.1 Å². The summed E-state index contributed by atoms with van der Waals surface area (Å²) in [5.74, 6) is -0.398. The van der Waals surface area contributed by atoms with Crippen molar-refractivity contribution in [2.75, 3.05) is 5.32 Å². The zero-order chi connectivity index (χ0) is 20.6. The summed E-state index contributed by atoms with van der Waals surface area (Å²) < 4.78 is 41.7. The first kappa shape index (κ1) is 20.0. The molecule has 2 aromatic carbocycles. The molecule has 1 N–H and O–H groups in total. The van der Waals surface area contributed by atoms with Crippen LogP contribution in [-0.4, -0.2) is 10.5 Å². The number of hydrogen-bond acceptors (Lipinski definition) is 1. The minimum Gasteiger partial charge on any atom is -0.322 e. The van der Waals surface area contributed by atoms with E-state index in [1.54, 1.807) is 44.2 Å². The highest BCUT2D eigenvalue weighted by Crippen LogP contribution is 2.35. The molecule has 0 saturated heterocycles. The topological polar surface area (TPSA) is 34.0 Å². The van der Waals surface area contributed by atoms with E-state index in [1.807, 2.05) is 6.92 Å². The average molecular weight is 407 g/mol. The van der Waals surface area contributed by atoms with E-state index in [2.05, 4.69) is 5.32 Å². The molecule has 0 saturated carbocycles. The van der Waals surface area contributed by atoms with Crippen molar-refractivity contribution in [1.82, 2.24) is 4.57 Å². The second-order valence-electron chi connectivity index (χ2n) is 6.55. The largest absolute Gasteiger partial charge is 0.418 e. The highest BCUT2D eigenvalue weighted by molar-refractivity contribution is 6.31. The lowest BCUT2D eigenvalue weighted by Crippen LogP contribution is -2.15. The number of para-hydroxylation sites is 1. The molecule has 0 bridgehead atoms. The molecule has 1 amide bonds. The number of carbonyl (C=O) groups is 1. The van der Waals surface area contributed by atoms with Crippen LogP contribution in [0, 0.1) is 20.8 Å². The number of benzene rings is 2. The van der Waals surface area contributed by atoms with Gasteiger partial charge in [-0.25, -0.2) is 0 Å². The van der Waals surface area contributed by atoms with Crippen LogP contribution >= 0.6 is 11.6 Å². The standard InChI is InChI=1S/C21H18ClF3N2O/c1-12-10-15(8-9-18(12)22)26-20(28)16-11-13(2)27(14(16)3)19-7-5-4-6-17(19)21(23,24)25/h4-11H,1-3H3,(H,26,28). The third kappa shape index (κ3) is 3.78. The Hall–Kier alpha value is -2.73. The SMILES string of the molecule is Cc1cc(NC(=O)c2cc(C)n(-c3ccccc3C(F)(F)F)c2C)ccc1Cl. The summed E-state index contributed by atoms with van der Waals surface area (Å²) in [5.41, 5.74) is 1.88. The number of rotatable bonds is 3. The Morgan fingerprint density at radius 2 is 1.71 bits per heavy atom. The van der Waals surface area contributed by atoms with Crippen LogP contribution in [0.1, 0.15) is 32.9 Å². The molecule has 0 unspecified atom stereocenters. The van der Waals surface area contributed by atoms with E-state index in [0.29, 0.717) is 27.7 Å². The number of hydrogen-bond donors (Lipinski definition) is 1. The Balaban J connectivity index is 2.01. The van der Waals surface area contributed by atoms with E-state index < -0.39 is 17.6 Å². The third-order valence-corrected chi connectivity index (χ3v) is 4.97.